The highest BCUT2D eigenvalue weighted by molar-refractivity contribution is 7.98. The Bertz CT molecular complexity index is 1110. The summed E-state index contributed by atoms with van der Waals surface area (Å²) < 4.78 is 11.0. The maximum absolute atomic E-state index is 13.8. The van der Waals surface area contributed by atoms with Crippen LogP contribution in [0.1, 0.15) is 65.5 Å². The second-order valence-corrected chi connectivity index (χ2v) is 9.94. The molecule has 1 heterocycles. The van der Waals surface area contributed by atoms with E-state index >= 15 is 0 Å². The maximum Gasteiger partial charge on any atom is 0.254 e. The van der Waals surface area contributed by atoms with Gasteiger partial charge in [-0.1, -0.05) is 23.8 Å². The first-order chi connectivity index (χ1) is 17.0. The first-order valence-corrected chi connectivity index (χ1v) is 13.3. The Morgan fingerprint density at radius 1 is 1.11 bits per heavy atom. The maximum atomic E-state index is 13.8. The molecule has 2 atom stereocenters. The van der Waals surface area contributed by atoms with Gasteiger partial charge in [-0.05, 0) is 73.8 Å². The van der Waals surface area contributed by atoms with Gasteiger partial charge < -0.3 is 19.7 Å². The van der Waals surface area contributed by atoms with Crippen LogP contribution in [-0.2, 0) is 4.79 Å². The lowest BCUT2D eigenvalue weighted by Crippen LogP contribution is -2.45. The Balaban J connectivity index is 1.72. The molecule has 2 aromatic carbocycles. The average molecular weight is 495 g/mol. The molecule has 0 spiro atoms. The first-order valence-electron chi connectivity index (χ1n) is 12.1. The number of fused-ring (bicyclic) bond motifs is 1. The molecule has 4 rings (SSSR count). The number of allylic oxidation sites excluding steroid dienone is 1. The number of benzene rings is 2. The van der Waals surface area contributed by atoms with E-state index < -0.39 is 12.0 Å². The molecule has 0 saturated carbocycles. The van der Waals surface area contributed by atoms with Gasteiger partial charge in [-0.15, -0.1) is 11.8 Å². The summed E-state index contributed by atoms with van der Waals surface area (Å²) in [5.74, 6) is 0.168. The summed E-state index contributed by atoms with van der Waals surface area (Å²) in [6, 6.07) is 11.1. The third kappa shape index (κ3) is 5.20. The topological polar surface area (TPSA) is 67.9 Å². The summed E-state index contributed by atoms with van der Waals surface area (Å²) >= 11 is 1.66. The van der Waals surface area contributed by atoms with Gasteiger partial charge in [0, 0.05) is 24.1 Å². The molecular weight excluding hydrogens is 460 g/mol. The van der Waals surface area contributed by atoms with Crippen molar-refractivity contribution in [1.29, 1.82) is 0 Å². The summed E-state index contributed by atoms with van der Waals surface area (Å²) in [6.07, 6.45) is 9.90. The van der Waals surface area contributed by atoms with Crippen molar-refractivity contribution in [2.24, 2.45) is 0 Å². The van der Waals surface area contributed by atoms with E-state index in [1.807, 2.05) is 30.5 Å². The molecule has 6 nitrogen and oxygen atoms in total. The predicted octanol–water partition coefficient (Wildman–Crippen LogP) is 5.34. The molecular formula is C28H34N2O4S. The Kier molecular flexibility index (Phi) is 8.06. The van der Waals surface area contributed by atoms with Gasteiger partial charge in [0.1, 0.15) is 0 Å². The fourth-order valence-corrected chi connectivity index (χ4v) is 5.55. The number of hydrogen-bond acceptors (Lipinski definition) is 5. The molecule has 35 heavy (non-hydrogen) atoms. The highest BCUT2D eigenvalue weighted by Crippen LogP contribution is 2.45. The van der Waals surface area contributed by atoms with Crippen LogP contribution in [0.4, 0.5) is 0 Å². The highest BCUT2D eigenvalue weighted by atomic mass is 32.2. The second kappa shape index (κ2) is 11.2. The average Bonchev–Trinajstić information content (AvgIpc) is 2.90. The summed E-state index contributed by atoms with van der Waals surface area (Å²) in [5.41, 5.74) is 3.48. The van der Waals surface area contributed by atoms with Crippen LogP contribution in [-0.4, -0.2) is 50.8 Å². The monoisotopic (exact) mass is 494 g/mol. The van der Waals surface area contributed by atoms with E-state index in [1.54, 1.807) is 50.1 Å². The van der Waals surface area contributed by atoms with Crippen molar-refractivity contribution in [2.45, 2.75) is 49.0 Å². The van der Waals surface area contributed by atoms with Crippen LogP contribution in [0.5, 0.6) is 11.5 Å². The van der Waals surface area contributed by atoms with Crippen LogP contribution in [0.2, 0.25) is 0 Å². The quantitative estimate of drug-likeness (QED) is 0.396. The van der Waals surface area contributed by atoms with Gasteiger partial charge in [0.2, 0.25) is 5.91 Å². The minimum absolute atomic E-state index is 0.0897. The number of amides is 2. The van der Waals surface area contributed by atoms with Crippen molar-refractivity contribution < 1.29 is 19.1 Å². The Labute approximate surface area is 212 Å². The SMILES string of the molecule is COc1cc2c(cc1OC)[C@H](C(=O)NCCC1=CCCCC1)[C@H](c1ccc(SC)cc1)N(C)C2=O. The van der Waals surface area contributed by atoms with Crippen molar-refractivity contribution in [3.05, 3.63) is 64.7 Å². The number of ether oxygens (including phenoxy) is 2. The third-order valence-electron chi connectivity index (χ3n) is 7.04. The number of methoxy groups -OCH3 is 2. The molecule has 0 radical (unpaired) electrons. The van der Waals surface area contributed by atoms with E-state index in [4.69, 9.17) is 9.47 Å². The molecule has 7 heteroatoms. The van der Waals surface area contributed by atoms with Crippen LogP contribution in [0.15, 0.2) is 52.9 Å². The molecule has 0 fully saturated rings. The van der Waals surface area contributed by atoms with Gasteiger partial charge in [0.15, 0.2) is 11.5 Å². The van der Waals surface area contributed by atoms with Crippen LogP contribution in [0, 0.1) is 0 Å². The summed E-state index contributed by atoms with van der Waals surface area (Å²) in [6.45, 7) is 0.583. The lowest BCUT2D eigenvalue weighted by molar-refractivity contribution is -0.124. The van der Waals surface area contributed by atoms with Crippen LogP contribution in [0.25, 0.3) is 0 Å². The summed E-state index contributed by atoms with van der Waals surface area (Å²) in [7, 11) is 4.87. The standard InChI is InChI=1S/C28H34N2O4S/c1-30-26(19-10-12-20(35-4)13-11-19)25(27(31)29-15-14-18-8-6-5-7-9-18)21-16-23(33-2)24(34-3)17-22(21)28(30)32/h8,10-13,16-17,25-26H,5-7,9,14-15H2,1-4H3,(H,29,31)/t25-,26-/m0/s1. The minimum atomic E-state index is -0.576. The summed E-state index contributed by atoms with van der Waals surface area (Å²) in [5, 5.41) is 3.17. The van der Waals surface area contributed by atoms with Crippen molar-refractivity contribution in [1.82, 2.24) is 10.2 Å². The van der Waals surface area contributed by atoms with Gasteiger partial charge in [0.05, 0.1) is 26.2 Å². The molecule has 2 aromatic rings. The molecule has 2 amide bonds. The predicted molar refractivity (Wildman–Crippen MR) is 140 cm³/mol. The fraction of sp³-hybridized carbons (Fsp3) is 0.429. The minimum Gasteiger partial charge on any atom is -0.493 e. The van der Waals surface area contributed by atoms with Crippen molar-refractivity contribution in [3.63, 3.8) is 0 Å². The van der Waals surface area contributed by atoms with E-state index in [1.165, 1.54) is 18.4 Å². The number of hydrogen-bond donors (Lipinski definition) is 1. The van der Waals surface area contributed by atoms with Crippen molar-refractivity contribution in [3.8, 4) is 11.5 Å². The molecule has 1 N–H and O–H groups in total. The molecule has 1 aliphatic carbocycles. The van der Waals surface area contributed by atoms with Crippen LogP contribution in [0.3, 0.4) is 0 Å². The lowest BCUT2D eigenvalue weighted by atomic mass is 9.79. The lowest BCUT2D eigenvalue weighted by Gasteiger charge is -2.40. The Morgan fingerprint density at radius 3 is 2.46 bits per heavy atom. The van der Waals surface area contributed by atoms with E-state index in [0.29, 0.717) is 29.2 Å². The zero-order valence-electron chi connectivity index (χ0n) is 20.9. The molecule has 0 bridgehead atoms. The zero-order chi connectivity index (χ0) is 24.9. The molecule has 2 aliphatic rings. The largest absolute Gasteiger partial charge is 0.493 e. The van der Waals surface area contributed by atoms with Gasteiger partial charge in [-0.2, -0.15) is 0 Å². The second-order valence-electron chi connectivity index (χ2n) is 9.06. The highest BCUT2D eigenvalue weighted by Gasteiger charge is 2.43. The molecule has 186 valence electrons. The molecule has 0 saturated heterocycles. The Morgan fingerprint density at radius 2 is 1.83 bits per heavy atom. The number of rotatable bonds is 8. The number of thioether (sulfide) groups is 1. The number of carbonyl (C=O) groups is 2. The van der Waals surface area contributed by atoms with E-state index in [0.717, 1.165) is 29.7 Å². The van der Waals surface area contributed by atoms with E-state index in [9.17, 15) is 9.59 Å². The van der Waals surface area contributed by atoms with E-state index in [2.05, 4.69) is 11.4 Å². The van der Waals surface area contributed by atoms with Gasteiger partial charge in [-0.3, -0.25) is 9.59 Å². The molecule has 0 unspecified atom stereocenters. The molecule has 1 aliphatic heterocycles. The zero-order valence-corrected chi connectivity index (χ0v) is 21.7. The van der Waals surface area contributed by atoms with Crippen LogP contribution < -0.4 is 14.8 Å². The molecule has 0 aromatic heterocycles. The number of nitrogens with one attached hydrogen (secondary N) is 1. The fourth-order valence-electron chi connectivity index (χ4n) is 5.14. The van der Waals surface area contributed by atoms with Crippen molar-refractivity contribution >= 4 is 23.6 Å². The third-order valence-corrected chi connectivity index (χ3v) is 7.79. The Hall–Kier alpha value is -2.93. The smallest absolute Gasteiger partial charge is 0.254 e. The van der Waals surface area contributed by atoms with Gasteiger partial charge in [0.25, 0.3) is 5.91 Å². The number of likely N-dealkylation sites (N-methyl/N-ethyl adjacent to an activating group) is 1. The van der Waals surface area contributed by atoms with Crippen molar-refractivity contribution in [2.75, 3.05) is 34.1 Å². The normalized spacial score (nSPS) is 19.6. The number of nitrogens with zero attached hydrogens (tertiary/aromatic N) is 1. The van der Waals surface area contributed by atoms with E-state index in [-0.39, 0.29) is 11.8 Å². The van der Waals surface area contributed by atoms with Crippen LogP contribution >= 0.6 is 11.8 Å². The number of carbonyl (C=O) groups excluding carboxylic acids is 2. The van der Waals surface area contributed by atoms with Gasteiger partial charge >= 0.3 is 0 Å². The summed E-state index contributed by atoms with van der Waals surface area (Å²) in [4.78, 5) is 30.0. The van der Waals surface area contributed by atoms with Gasteiger partial charge in [-0.25, -0.2) is 0 Å². The first kappa shape index (κ1) is 25.2.